The Balaban J connectivity index is 1.46. The predicted molar refractivity (Wildman–Crippen MR) is 151 cm³/mol. The number of ketones is 2. The number of carbonyl (C=O) groups excluding carboxylic acids is 3. The van der Waals surface area contributed by atoms with Gasteiger partial charge in [-0.05, 0) is 68.5 Å². The lowest BCUT2D eigenvalue weighted by Crippen LogP contribution is -2.36. The number of hydrogen-bond acceptors (Lipinski definition) is 6. The summed E-state index contributed by atoms with van der Waals surface area (Å²) in [7, 11) is 0. The Kier molecular flexibility index (Phi) is 8.21. The lowest BCUT2D eigenvalue weighted by Gasteiger charge is -2.37. The molecule has 5 rings (SSSR count). The zero-order valence-electron chi connectivity index (χ0n) is 21.3. The Labute approximate surface area is 241 Å². The van der Waals surface area contributed by atoms with E-state index in [-0.39, 0.29) is 28.9 Å². The maximum Gasteiger partial charge on any atom is 0.262 e. The molecule has 0 atom stereocenters. The Bertz CT molecular complexity index is 1390. The van der Waals surface area contributed by atoms with Gasteiger partial charge in [-0.2, -0.15) is 0 Å². The Morgan fingerprint density at radius 3 is 2.18 bits per heavy atom. The van der Waals surface area contributed by atoms with E-state index < -0.39 is 11.8 Å². The molecular weight excluding hydrogens is 563 g/mol. The molecule has 0 radical (unpaired) electrons. The van der Waals surface area contributed by atoms with Crippen molar-refractivity contribution in [3.8, 4) is 11.5 Å². The van der Waals surface area contributed by atoms with E-state index in [1.165, 1.54) is 0 Å². The van der Waals surface area contributed by atoms with Crippen LogP contribution in [-0.4, -0.2) is 30.7 Å². The Morgan fingerprint density at radius 1 is 0.897 bits per heavy atom. The van der Waals surface area contributed by atoms with Gasteiger partial charge in [0.25, 0.3) is 5.91 Å². The van der Waals surface area contributed by atoms with E-state index in [9.17, 15) is 14.4 Å². The quantitative estimate of drug-likeness (QED) is 0.370. The molecule has 0 fully saturated rings. The van der Waals surface area contributed by atoms with Crippen LogP contribution in [0.4, 0.5) is 5.69 Å². The number of hydrogen-bond donors (Lipinski definition) is 2. The smallest absolute Gasteiger partial charge is 0.262 e. The molecule has 2 aliphatic carbocycles. The predicted octanol–water partition coefficient (Wildman–Crippen LogP) is 6.76. The summed E-state index contributed by atoms with van der Waals surface area (Å²) >= 11 is 18.7. The molecule has 2 N–H and O–H groups in total. The van der Waals surface area contributed by atoms with Crippen molar-refractivity contribution >= 4 is 58.0 Å². The molecule has 1 heterocycles. The van der Waals surface area contributed by atoms with Crippen molar-refractivity contribution in [3.05, 3.63) is 73.5 Å². The number of carbonyl (C=O) groups is 3. The Morgan fingerprint density at radius 2 is 1.56 bits per heavy atom. The minimum atomic E-state index is -0.527. The number of halogens is 3. The first-order chi connectivity index (χ1) is 18.8. The summed E-state index contributed by atoms with van der Waals surface area (Å²) in [6, 6.07) is 8.21. The second kappa shape index (κ2) is 11.6. The van der Waals surface area contributed by atoms with E-state index in [1.807, 2.05) is 6.92 Å². The van der Waals surface area contributed by atoms with Gasteiger partial charge in [-0.1, -0.05) is 34.8 Å². The standard InChI is InChI=1S/C29H27Cl3N2O5/c1-2-38-24-12-15(11-19(32)29(24)39-14-25(37)33-16-9-10-17(30)18(31)13-16)26-27-20(5-3-7-22(27)35)34-21-6-4-8-23(36)28(21)26/h9-13,26,34H,2-8,14H2,1H3,(H,33,37). The number of benzene rings is 2. The fourth-order valence-corrected chi connectivity index (χ4v) is 5.95. The van der Waals surface area contributed by atoms with Crippen LogP contribution in [0.1, 0.15) is 56.9 Å². The van der Waals surface area contributed by atoms with E-state index >= 15 is 0 Å². The van der Waals surface area contributed by atoms with Crippen molar-refractivity contribution in [1.29, 1.82) is 0 Å². The largest absolute Gasteiger partial charge is 0.490 e. The summed E-state index contributed by atoms with van der Waals surface area (Å²) in [5, 5.41) is 7.02. The number of dihydropyridines is 1. The normalized spacial score (nSPS) is 17.4. The van der Waals surface area contributed by atoms with Gasteiger partial charge in [0.15, 0.2) is 29.7 Å². The molecule has 1 aliphatic heterocycles. The monoisotopic (exact) mass is 588 g/mol. The molecule has 0 spiro atoms. The van der Waals surface area contributed by atoms with Crippen molar-refractivity contribution < 1.29 is 23.9 Å². The van der Waals surface area contributed by atoms with Crippen molar-refractivity contribution in [3.63, 3.8) is 0 Å². The van der Waals surface area contributed by atoms with E-state index in [1.54, 1.807) is 30.3 Å². The van der Waals surface area contributed by atoms with E-state index in [2.05, 4.69) is 10.6 Å². The lowest BCUT2D eigenvalue weighted by atomic mass is 9.71. The third-order valence-corrected chi connectivity index (χ3v) is 8.03. The first-order valence-electron chi connectivity index (χ1n) is 12.9. The Hall–Kier alpha value is -3.00. The molecule has 0 aromatic heterocycles. The van der Waals surface area contributed by atoms with Gasteiger partial charge in [0.05, 0.1) is 21.7 Å². The fourth-order valence-electron chi connectivity index (χ4n) is 5.38. The van der Waals surface area contributed by atoms with Crippen LogP contribution in [0.25, 0.3) is 0 Å². The fraction of sp³-hybridized carbons (Fsp3) is 0.345. The van der Waals surface area contributed by atoms with Gasteiger partial charge in [-0.3, -0.25) is 14.4 Å². The first-order valence-corrected chi connectivity index (χ1v) is 14.0. The molecule has 0 saturated carbocycles. The number of rotatable bonds is 7. The maximum atomic E-state index is 13.1. The van der Waals surface area contributed by atoms with Gasteiger partial charge < -0.3 is 20.1 Å². The zero-order valence-corrected chi connectivity index (χ0v) is 23.6. The highest BCUT2D eigenvalue weighted by molar-refractivity contribution is 6.42. The van der Waals surface area contributed by atoms with Crippen molar-refractivity contribution in [2.45, 2.75) is 51.4 Å². The van der Waals surface area contributed by atoms with Crippen LogP contribution in [0.5, 0.6) is 11.5 Å². The topological polar surface area (TPSA) is 93.7 Å². The van der Waals surface area contributed by atoms with Crippen LogP contribution in [0, 0.1) is 0 Å². The molecule has 204 valence electrons. The molecule has 7 nitrogen and oxygen atoms in total. The highest BCUT2D eigenvalue weighted by atomic mass is 35.5. The van der Waals surface area contributed by atoms with Crippen LogP contribution in [0.3, 0.4) is 0 Å². The number of nitrogens with one attached hydrogen (secondary N) is 2. The highest BCUT2D eigenvalue weighted by Crippen LogP contribution is 2.48. The van der Waals surface area contributed by atoms with Crippen LogP contribution in [-0.2, 0) is 14.4 Å². The van der Waals surface area contributed by atoms with Crippen LogP contribution >= 0.6 is 34.8 Å². The van der Waals surface area contributed by atoms with Crippen LogP contribution < -0.4 is 20.1 Å². The summed E-state index contributed by atoms with van der Waals surface area (Å²) in [5.74, 6) is -0.357. The molecule has 2 aromatic carbocycles. The maximum absolute atomic E-state index is 13.1. The summed E-state index contributed by atoms with van der Waals surface area (Å²) in [4.78, 5) is 38.9. The highest BCUT2D eigenvalue weighted by Gasteiger charge is 2.40. The lowest BCUT2D eigenvalue weighted by molar-refractivity contribution is -0.118. The van der Waals surface area contributed by atoms with Crippen LogP contribution in [0.15, 0.2) is 52.9 Å². The van der Waals surface area contributed by atoms with Gasteiger partial charge in [-0.15, -0.1) is 0 Å². The number of anilines is 1. The van der Waals surface area contributed by atoms with Gasteiger partial charge in [0.1, 0.15) is 0 Å². The summed E-state index contributed by atoms with van der Waals surface area (Å²) < 4.78 is 11.7. The SMILES string of the molecule is CCOc1cc(C2C3=C(CCCC3=O)NC3=C2C(=O)CCC3)cc(Cl)c1OCC(=O)Nc1ccc(Cl)c(Cl)c1. The summed E-state index contributed by atoms with van der Waals surface area (Å²) in [6.45, 7) is 1.80. The van der Waals surface area contributed by atoms with E-state index in [4.69, 9.17) is 44.3 Å². The third kappa shape index (κ3) is 5.67. The van der Waals surface area contributed by atoms with Crippen LogP contribution in [0.2, 0.25) is 15.1 Å². The second-order valence-electron chi connectivity index (χ2n) is 9.62. The number of ether oxygens (including phenoxy) is 2. The molecule has 2 aromatic rings. The van der Waals surface area contributed by atoms with Gasteiger partial charge in [-0.25, -0.2) is 0 Å². The van der Waals surface area contributed by atoms with Gasteiger partial charge in [0.2, 0.25) is 0 Å². The zero-order chi connectivity index (χ0) is 27.7. The minimum absolute atomic E-state index is 0.0343. The van der Waals surface area contributed by atoms with Crippen molar-refractivity contribution in [1.82, 2.24) is 5.32 Å². The van der Waals surface area contributed by atoms with Gasteiger partial charge in [0, 0.05) is 47.0 Å². The molecule has 39 heavy (non-hydrogen) atoms. The average Bonchev–Trinajstić information content (AvgIpc) is 2.89. The summed E-state index contributed by atoms with van der Waals surface area (Å²) in [6.07, 6.45) is 3.93. The summed E-state index contributed by atoms with van der Waals surface area (Å²) in [5.41, 5.74) is 4.18. The van der Waals surface area contributed by atoms with Gasteiger partial charge >= 0.3 is 0 Å². The molecule has 0 bridgehead atoms. The third-order valence-electron chi connectivity index (χ3n) is 7.01. The molecule has 3 aliphatic rings. The van der Waals surface area contributed by atoms with E-state index in [0.29, 0.717) is 57.6 Å². The number of allylic oxidation sites excluding steroid dienone is 4. The first kappa shape index (κ1) is 27.6. The van der Waals surface area contributed by atoms with E-state index in [0.717, 1.165) is 37.1 Å². The number of Topliss-reactive ketones (excluding diaryl/α,β-unsaturated/α-hetero) is 2. The molecule has 1 amide bonds. The molecule has 10 heteroatoms. The number of amides is 1. The molecule has 0 saturated heterocycles. The molecular formula is C29H27Cl3N2O5. The van der Waals surface area contributed by atoms with Crippen molar-refractivity contribution in [2.24, 2.45) is 0 Å². The average molecular weight is 590 g/mol. The van der Waals surface area contributed by atoms with Crippen molar-refractivity contribution in [2.75, 3.05) is 18.5 Å². The molecule has 0 unspecified atom stereocenters. The minimum Gasteiger partial charge on any atom is -0.490 e. The second-order valence-corrected chi connectivity index (χ2v) is 10.8.